The summed E-state index contributed by atoms with van der Waals surface area (Å²) in [6.07, 6.45) is 3.38. The van der Waals surface area contributed by atoms with Crippen LogP contribution in [-0.2, 0) is 11.3 Å². The van der Waals surface area contributed by atoms with Gasteiger partial charge in [-0.2, -0.15) is 0 Å². The number of benzene rings is 1. The van der Waals surface area contributed by atoms with E-state index in [0.29, 0.717) is 11.7 Å². The van der Waals surface area contributed by atoms with E-state index < -0.39 is 0 Å². The van der Waals surface area contributed by atoms with Gasteiger partial charge in [-0.25, -0.2) is 0 Å². The number of hydrogen-bond donors (Lipinski definition) is 1. The summed E-state index contributed by atoms with van der Waals surface area (Å²) >= 11 is 1.35. The van der Waals surface area contributed by atoms with Gasteiger partial charge in [0.2, 0.25) is 5.91 Å². The van der Waals surface area contributed by atoms with Crippen molar-refractivity contribution in [3.8, 4) is 11.4 Å². The molecule has 3 rings (SSSR count). The van der Waals surface area contributed by atoms with Crippen molar-refractivity contribution >= 4 is 17.7 Å². The Hall–Kier alpha value is -2.80. The van der Waals surface area contributed by atoms with E-state index >= 15 is 0 Å². The summed E-state index contributed by atoms with van der Waals surface area (Å²) in [4.78, 5) is 12.2. The Morgan fingerprint density at radius 3 is 2.81 bits per heavy atom. The maximum absolute atomic E-state index is 12.2. The number of carbonyl (C=O) groups excluding carboxylic acids is 1. The van der Waals surface area contributed by atoms with Crippen LogP contribution in [0, 0.1) is 0 Å². The summed E-state index contributed by atoms with van der Waals surface area (Å²) < 4.78 is 7.26. The minimum absolute atomic E-state index is 0.0895. The van der Waals surface area contributed by atoms with Crippen molar-refractivity contribution in [3.05, 3.63) is 67.1 Å². The lowest BCUT2D eigenvalue weighted by Gasteiger charge is -2.11. The van der Waals surface area contributed by atoms with Crippen LogP contribution in [0.1, 0.15) is 18.7 Å². The van der Waals surface area contributed by atoms with Gasteiger partial charge in [0.25, 0.3) is 0 Å². The van der Waals surface area contributed by atoms with Gasteiger partial charge in [0.1, 0.15) is 5.76 Å². The van der Waals surface area contributed by atoms with Crippen LogP contribution in [0.3, 0.4) is 0 Å². The molecule has 0 radical (unpaired) electrons. The highest BCUT2D eigenvalue weighted by Gasteiger charge is 2.16. The quantitative estimate of drug-likeness (QED) is 0.485. The minimum Gasteiger partial charge on any atom is -0.467 e. The third-order valence-corrected chi connectivity index (χ3v) is 4.71. The van der Waals surface area contributed by atoms with Crippen LogP contribution in [0.4, 0.5) is 0 Å². The van der Waals surface area contributed by atoms with Crippen LogP contribution in [-0.4, -0.2) is 26.4 Å². The zero-order chi connectivity index (χ0) is 18.4. The predicted molar refractivity (Wildman–Crippen MR) is 102 cm³/mol. The van der Waals surface area contributed by atoms with Crippen LogP contribution in [0.2, 0.25) is 0 Å². The Kier molecular flexibility index (Phi) is 5.91. The van der Waals surface area contributed by atoms with Crippen LogP contribution >= 0.6 is 11.8 Å². The molecule has 0 saturated carbocycles. The molecule has 1 aromatic carbocycles. The second-order valence-electron chi connectivity index (χ2n) is 5.66. The summed E-state index contributed by atoms with van der Waals surface area (Å²) in [6, 6.07) is 13.3. The lowest BCUT2D eigenvalue weighted by Crippen LogP contribution is -2.28. The number of carbonyl (C=O) groups is 1. The summed E-state index contributed by atoms with van der Waals surface area (Å²) in [5.74, 6) is 1.64. The van der Waals surface area contributed by atoms with Crippen molar-refractivity contribution in [1.29, 1.82) is 0 Å². The number of allylic oxidation sites excluding steroid dienone is 1. The average Bonchev–Trinajstić information content (AvgIpc) is 3.31. The predicted octanol–water partition coefficient (Wildman–Crippen LogP) is 3.69. The molecule has 7 heteroatoms. The van der Waals surface area contributed by atoms with Crippen molar-refractivity contribution in [2.24, 2.45) is 0 Å². The fourth-order valence-corrected chi connectivity index (χ4v) is 3.27. The second kappa shape index (κ2) is 8.53. The van der Waals surface area contributed by atoms with Gasteiger partial charge in [0, 0.05) is 12.1 Å². The Bertz CT molecular complexity index is 859. The van der Waals surface area contributed by atoms with Gasteiger partial charge in [-0.3, -0.25) is 9.36 Å². The van der Waals surface area contributed by atoms with Gasteiger partial charge in [0.15, 0.2) is 11.0 Å². The zero-order valence-corrected chi connectivity index (χ0v) is 15.3. The zero-order valence-electron chi connectivity index (χ0n) is 14.5. The molecule has 0 fully saturated rings. The number of thioether (sulfide) groups is 1. The molecule has 2 aromatic heterocycles. The van der Waals surface area contributed by atoms with E-state index in [1.54, 1.807) is 18.4 Å². The molecule has 0 bridgehead atoms. The van der Waals surface area contributed by atoms with E-state index in [2.05, 4.69) is 22.1 Å². The number of furan rings is 1. The van der Waals surface area contributed by atoms with Gasteiger partial charge in [-0.1, -0.05) is 48.2 Å². The topological polar surface area (TPSA) is 73.0 Å². The maximum atomic E-state index is 12.2. The van der Waals surface area contributed by atoms with Gasteiger partial charge >= 0.3 is 0 Å². The molecule has 1 atom stereocenters. The van der Waals surface area contributed by atoms with Crippen molar-refractivity contribution < 1.29 is 9.21 Å². The average molecular weight is 368 g/mol. The van der Waals surface area contributed by atoms with Gasteiger partial charge < -0.3 is 9.73 Å². The van der Waals surface area contributed by atoms with E-state index in [0.717, 1.165) is 17.1 Å². The van der Waals surface area contributed by atoms with Crippen LogP contribution in [0.15, 0.2) is 71.0 Å². The fraction of sp³-hybridized carbons (Fsp3) is 0.211. The molecule has 0 spiro atoms. The highest BCUT2D eigenvalue weighted by molar-refractivity contribution is 7.99. The number of hydrogen-bond acceptors (Lipinski definition) is 5. The SMILES string of the molecule is C=CCn1c(SCC(=O)N[C@@H](C)c2ccco2)nnc1-c1ccccc1. The summed E-state index contributed by atoms with van der Waals surface area (Å²) in [7, 11) is 0. The highest BCUT2D eigenvalue weighted by atomic mass is 32.2. The van der Waals surface area contributed by atoms with Gasteiger partial charge in [-0.15, -0.1) is 16.8 Å². The first-order chi connectivity index (χ1) is 12.7. The molecule has 2 heterocycles. The van der Waals surface area contributed by atoms with Crippen molar-refractivity contribution in [2.45, 2.75) is 24.7 Å². The van der Waals surface area contributed by atoms with E-state index in [9.17, 15) is 4.79 Å². The Balaban J connectivity index is 1.67. The first-order valence-electron chi connectivity index (χ1n) is 8.24. The third-order valence-electron chi connectivity index (χ3n) is 3.74. The molecular formula is C19H20N4O2S. The molecular weight excluding hydrogens is 348 g/mol. The number of nitrogens with zero attached hydrogens (tertiary/aromatic N) is 3. The third kappa shape index (κ3) is 4.23. The van der Waals surface area contributed by atoms with Crippen molar-refractivity contribution in [3.63, 3.8) is 0 Å². The second-order valence-corrected chi connectivity index (χ2v) is 6.61. The molecule has 6 nitrogen and oxygen atoms in total. The van der Waals surface area contributed by atoms with Crippen LogP contribution < -0.4 is 5.32 Å². The lowest BCUT2D eigenvalue weighted by atomic mass is 10.2. The molecule has 26 heavy (non-hydrogen) atoms. The Morgan fingerprint density at radius 2 is 2.12 bits per heavy atom. The smallest absolute Gasteiger partial charge is 0.231 e. The number of nitrogens with one attached hydrogen (secondary N) is 1. The largest absolute Gasteiger partial charge is 0.467 e. The minimum atomic E-state index is -0.177. The fourth-order valence-electron chi connectivity index (χ4n) is 2.51. The van der Waals surface area contributed by atoms with Crippen LogP contribution in [0.25, 0.3) is 11.4 Å². The molecule has 3 aromatic rings. The van der Waals surface area contributed by atoms with E-state index in [1.165, 1.54) is 11.8 Å². The number of amides is 1. The van der Waals surface area contributed by atoms with Gasteiger partial charge in [0.05, 0.1) is 18.1 Å². The highest BCUT2D eigenvalue weighted by Crippen LogP contribution is 2.24. The van der Waals surface area contributed by atoms with Crippen LogP contribution in [0.5, 0.6) is 0 Å². The standard InChI is InChI=1S/C19H20N4O2S/c1-3-11-23-18(15-8-5-4-6-9-15)21-22-19(23)26-13-17(24)20-14(2)16-10-7-12-25-16/h3-10,12,14H,1,11,13H2,2H3,(H,20,24)/t14-/m0/s1. The maximum Gasteiger partial charge on any atom is 0.231 e. The lowest BCUT2D eigenvalue weighted by molar-refractivity contribution is -0.119. The normalized spacial score (nSPS) is 11.9. The van der Waals surface area contributed by atoms with Crippen molar-refractivity contribution in [1.82, 2.24) is 20.1 Å². The van der Waals surface area contributed by atoms with E-state index in [-0.39, 0.29) is 17.7 Å². The molecule has 1 N–H and O–H groups in total. The molecule has 1 amide bonds. The first kappa shape index (κ1) is 18.0. The first-order valence-corrected chi connectivity index (χ1v) is 9.22. The Morgan fingerprint density at radius 1 is 1.31 bits per heavy atom. The monoisotopic (exact) mass is 368 g/mol. The molecule has 0 aliphatic carbocycles. The summed E-state index contributed by atoms with van der Waals surface area (Å²) in [5.41, 5.74) is 0.976. The molecule has 0 aliphatic heterocycles. The molecule has 0 saturated heterocycles. The number of rotatable bonds is 8. The molecule has 134 valence electrons. The van der Waals surface area contributed by atoms with E-state index in [1.807, 2.05) is 47.9 Å². The summed E-state index contributed by atoms with van der Waals surface area (Å²) in [6.45, 7) is 6.26. The van der Waals surface area contributed by atoms with Crippen molar-refractivity contribution in [2.75, 3.05) is 5.75 Å². The summed E-state index contributed by atoms with van der Waals surface area (Å²) in [5, 5.41) is 12.1. The molecule has 0 aliphatic rings. The van der Waals surface area contributed by atoms with Gasteiger partial charge in [-0.05, 0) is 19.1 Å². The van der Waals surface area contributed by atoms with E-state index in [4.69, 9.17) is 4.42 Å². The Labute approximate surface area is 156 Å². The number of aromatic nitrogens is 3. The molecule has 0 unspecified atom stereocenters.